The summed E-state index contributed by atoms with van der Waals surface area (Å²) >= 11 is 1.48. The number of anilines is 1. The van der Waals surface area contributed by atoms with Crippen LogP contribution in [0.4, 0.5) is 10.1 Å². The summed E-state index contributed by atoms with van der Waals surface area (Å²) in [6, 6.07) is 20.6. The molecule has 3 aromatic carbocycles. The van der Waals surface area contributed by atoms with Gasteiger partial charge in [-0.1, -0.05) is 42.0 Å². The van der Waals surface area contributed by atoms with Crippen LogP contribution >= 0.6 is 11.8 Å². The van der Waals surface area contributed by atoms with Crippen LogP contribution in [0.25, 0.3) is 0 Å². The topological polar surface area (TPSA) is 46.2 Å². The van der Waals surface area contributed by atoms with Gasteiger partial charge in [-0.05, 0) is 43.3 Å². The van der Waals surface area contributed by atoms with Crippen LogP contribution in [0.15, 0.2) is 77.7 Å². The van der Waals surface area contributed by atoms with Crippen molar-refractivity contribution in [2.75, 3.05) is 11.1 Å². The molecule has 1 N–H and O–H groups in total. The lowest BCUT2D eigenvalue weighted by molar-refractivity contribution is -0.115. The lowest BCUT2D eigenvalue weighted by Crippen LogP contribution is -2.15. The normalized spacial score (nSPS) is 10.5. The van der Waals surface area contributed by atoms with Gasteiger partial charge in [0.15, 0.2) is 5.78 Å². The highest BCUT2D eigenvalue weighted by Gasteiger charge is 2.15. The zero-order valence-electron chi connectivity index (χ0n) is 15.4. The van der Waals surface area contributed by atoms with E-state index in [4.69, 9.17) is 0 Å². The fraction of sp³-hybridized carbons (Fsp3) is 0.130. The number of nitrogens with one attached hydrogen (secondary N) is 1. The van der Waals surface area contributed by atoms with E-state index < -0.39 is 0 Å². The Balaban J connectivity index is 1.65. The molecule has 0 bridgehead atoms. The van der Waals surface area contributed by atoms with Crippen LogP contribution in [0.1, 0.15) is 27.9 Å². The predicted molar refractivity (Wildman–Crippen MR) is 111 cm³/mol. The molecule has 0 aliphatic carbocycles. The molecule has 0 spiro atoms. The maximum absolute atomic E-state index is 12.9. The zero-order valence-corrected chi connectivity index (χ0v) is 16.3. The lowest BCUT2D eigenvalue weighted by atomic mass is 9.99. The average Bonchev–Trinajstić information content (AvgIpc) is 2.71. The minimum atomic E-state index is -0.280. The molecule has 0 heterocycles. The fourth-order valence-corrected chi connectivity index (χ4v) is 3.56. The van der Waals surface area contributed by atoms with Gasteiger partial charge < -0.3 is 5.32 Å². The second-order valence-electron chi connectivity index (χ2n) is 6.34. The summed E-state index contributed by atoms with van der Waals surface area (Å²) in [6.45, 7) is 1.91. The monoisotopic (exact) mass is 393 g/mol. The van der Waals surface area contributed by atoms with Crippen LogP contribution in [-0.2, 0) is 4.79 Å². The lowest BCUT2D eigenvalue weighted by Gasteiger charge is -2.12. The highest BCUT2D eigenvalue weighted by Crippen LogP contribution is 2.23. The van der Waals surface area contributed by atoms with E-state index in [1.165, 1.54) is 23.9 Å². The third-order valence-electron chi connectivity index (χ3n) is 4.14. The minimum Gasteiger partial charge on any atom is -0.325 e. The van der Waals surface area contributed by atoms with Gasteiger partial charge in [-0.3, -0.25) is 9.59 Å². The summed E-state index contributed by atoms with van der Waals surface area (Å²) in [4.78, 5) is 26.1. The maximum atomic E-state index is 12.9. The van der Waals surface area contributed by atoms with Crippen molar-refractivity contribution in [1.29, 1.82) is 0 Å². The van der Waals surface area contributed by atoms with E-state index in [1.807, 2.05) is 31.2 Å². The Morgan fingerprint density at radius 1 is 0.964 bits per heavy atom. The van der Waals surface area contributed by atoms with E-state index >= 15 is 0 Å². The summed E-state index contributed by atoms with van der Waals surface area (Å²) in [6.07, 6.45) is 0.287. The fourth-order valence-electron chi connectivity index (χ4n) is 2.71. The van der Waals surface area contributed by atoms with E-state index in [-0.39, 0.29) is 23.9 Å². The molecule has 0 unspecified atom stereocenters. The van der Waals surface area contributed by atoms with Gasteiger partial charge in [0.05, 0.1) is 5.69 Å². The molecule has 142 valence electrons. The van der Waals surface area contributed by atoms with Gasteiger partial charge in [0.1, 0.15) is 5.82 Å². The van der Waals surface area contributed by atoms with Crippen molar-refractivity contribution in [2.45, 2.75) is 18.2 Å². The number of rotatable bonds is 7. The van der Waals surface area contributed by atoms with E-state index in [9.17, 15) is 14.0 Å². The Morgan fingerprint density at radius 3 is 2.39 bits per heavy atom. The Hall–Kier alpha value is -2.92. The van der Waals surface area contributed by atoms with Crippen molar-refractivity contribution in [3.05, 3.63) is 95.3 Å². The zero-order chi connectivity index (χ0) is 19.9. The van der Waals surface area contributed by atoms with Crippen LogP contribution in [0.2, 0.25) is 0 Å². The third-order valence-corrected chi connectivity index (χ3v) is 5.16. The molecule has 3 nitrogen and oxygen atoms in total. The highest BCUT2D eigenvalue weighted by atomic mass is 32.2. The molecule has 0 saturated carbocycles. The van der Waals surface area contributed by atoms with E-state index in [2.05, 4.69) is 5.32 Å². The Labute approximate surface area is 168 Å². The van der Waals surface area contributed by atoms with Crippen molar-refractivity contribution >= 4 is 29.1 Å². The number of benzene rings is 3. The van der Waals surface area contributed by atoms with Gasteiger partial charge >= 0.3 is 0 Å². The molecule has 0 atom stereocenters. The number of ketones is 1. The van der Waals surface area contributed by atoms with Crippen LogP contribution < -0.4 is 5.32 Å². The van der Waals surface area contributed by atoms with Gasteiger partial charge in [-0.15, -0.1) is 11.8 Å². The van der Waals surface area contributed by atoms with Crippen LogP contribution in [0, 0.1) is 12.7 Å². The smallest absolute Gasteiger partial charge is 0.225 e. The van der Waals surface area contributed by atoms with Crippen molar-refractivity contribution in [1.82, 2.24) is 0 Å². The number of aryl methyl sites for hydroxylation is 1. The van der Waals surface area contributed by atoms with Gasteiger partial charge in [0.2, 0.25) is 5.91 Å². The third kappa shape index (κ3) is 5.30. The van der Waals surface area contributed by atoms with E-state index in [1.54, 1.807) is 36.4 Å². The van der Waals surface area contributed by atoms with Crippen LogP contribution in [0.5, 0.6) is 0 Å². The van der Waals surface area contributed by atoms with E-state index in [0.29, 0.717) is 22.6 Å². The van der Waals surface area contributed by atoms with E-state index in [0.717, 1.165) is 10.5 Å². The first-order valence-electron chi connectivity index (χ1n) is 8.91. The molecule has 5 heteroatoms. The molecule has 1 amide bonds. The molecule has 0 fully saturated rings. The summed E-state index contributed by atoms with van der Waals surface area (Å²) in [5.41, 5.74) is 2.52. The SMILES string of the molecule is Cc1ccc(NC(=O)CCSc2ccc(F)cc2)c(C(=O)c2ccccc2)c1. The van der Waals surface area contributed by atoms with Crippen molar-refractivity contribution in [2.24, 2.45) is 0 Å². The number of amides is 1. The molecule has 0 aromatic heterocycles. The first-order valence-corrected chi connectivity index (χ1v) is 9.90. The molecular formula is C23H20FNO2S. The summed E-state index contributed by atoms with van der Waals surface area (Å²) in [5, 5.41) is 2.85. The molecule has 0 radical (unpaired) electrons. The van der Waals surface area contributed by atoms with Crippen LogP contribution in [-0.4, -0.2) is 17.4 Å². The molecule has 3 rings (SSSR count). The standard InChI is InChI=1S/C23H20FNO2S/c1-16-7-12-21(20(15-16)23(27)17-5-3-2-4-6-17)25-22(26)13-14-28-19-10-8-18(24)9-11-19/h2-12,15H,13-14H2,1H3,(H,25,26). The van der Waals surface area contributed by atoms with Gasteiger partial charge in [0.25, 0.3) is 0 Å². The number of carbonyl (C=O) groups excluding carboxylic acids is 2. The van der Waals surface area contributed by atoms with Crippen LogP contribution in [0.3, 0.4) is 0 Å². The molecule has 28 heavy (non-hydrogen) atoms. The van der Waals surface area contributed by atoms with Crippen molar-refractivity contribution in [3.63, 3.8) is 0 Å². The van der Waals surface area contributed by atoms with Gasteiger partial charge in [0, 0.05) is 28.2 Å². The molecular weight excluding hydrogens is 373 g/mol. The number of halogens is 1. The average molecular weight is 393 g/mol. The quantitative estimate of drug-likeness (QED) is 0.427. The Kier molecular flexibility index (Phi) is 6.61. The van der Waals surface area contributed by atoms with Crippen molar-refractivity contribution in [3.8, 4) is 0 Å². The number of hydrogen-bond donors (Lipinski definition) is 1. The maximum Gasteiger partial charge on any atom is 0.225 e. The number of carbonyl (C=O) groups is 2. The molecule has 3 aromatic rings. The largest absolute Gasteiger partial charge is 0.325 e. The summed E-state index contributed by atoms with van der Waals surface area (Å²) in [7, 11) is 0. The number of thioether (sulfide) groups is 1. The Morgan fingerprint density at radius 2 is 1.68 bits per heavy atom. The molecule has 0 aliphatic rings. The highest BCUT2D eigenvalue weighted by molar-refractivity contribution is 7.99. The van der Waals surface area contributed by atoms with Crippen molar-refractivity contribution < 1.29 is 14.0 Å². The Bertz CT molecular complexity index is 972. The van der Waals surface area contributed by atoms with Gasteiger partial charge in [-0.25, -0.2) is 4.39 Å². The second kappa shape index (κ2) is 9.33. The first kappa shape index (κ1) is 19.8. The second-order valence-corrected chi connectivity index (χ2v) is 7.51. The molecule has 0 saturated heterocycles. The first-order chi connectivity index (χ1) is 13.5. The summed E-state index contributed by atoms with van der Waals surface area (Å²) in [5.74, 6) is -0.0105. The minimum absolute atomic E-state index is 0.125. The summed E-state index contributed by atoms with van der Waals surface area (Å²) < 4.78 is 12.9. The predicted octanol–water partition coefficient (Wildman–Crippen LogP) is 5.49. The van der Waals surface area contributed by atoms with Gasteiger partial charge in [-0.2, -0.15) is 0 Å². The number of hydrogen-bond acceptors (Lipinski definition) is 3. The molecule has 0 aliphatic heterocycles.